The van der Waals surface area contributed by atoms with Crippen molar-refractivity contribution in [2.75, 3.05) is 6.54 Å². The molecule has 0 aliphatic carbocycles. The number of aryl methyl sites for hydroxylation is 2. The van der Waals surface area contributed by atoms with E-state index in [1.807, 2.05) is 17.5 Å². The van der Waals surface area contributed by atoms with Gasteiger partial charge in [-0.1, -0.05) is 17.7 Å². The summed E-state index contributed by atoms with van der Waals surface area (Å²) in [7, 11) is 0. The number of hydrogen-bond acceptors (Lipinski definition) is 4. The topological polar surface area (TPSA) is 53.6 Å². The van der Waals surface area contributed by atoms with Crippen LogP contribution < -0.4 is 5.32 Å². The Morgan fingerprint density at radius 3 is 2.93 bits per heavy atom. The molecule has 5 rings (SSSR count). The van der Waals surface area contributed by atoms with Gasteiger partial charge in [-0.25, -0.2) is 9.97 Å². The van der Waals surface area contributed by atoms with Crippen molar-refractivity contribution in [3.8, 4) is 10.6 Å². The predicted octanol–water partition coefficient (Wildman–Crippen LogP) is 5.31. The monoisotopic (exact) mass is 376 g/mol. The fraction of sp³-hybridized carbons (Fsp3) is 0.364. The number of benzene rings is 1. The van der Waals surface area contributed by atoms with Gasteiger partial charge in [0.05, 0.1) is 27.8 Å². The molecule has 2 N–H and O–H groups in total. The van der Waals surface area contributed by atoms with E-state index in [4.69, 9.17) is 4.98 Å². The molecular formula is C22H24N4S. The van der Waals surface area contributed by atoms with Crippen LogP contribution in [0.5, 0.6) is 0 Å². The maximum absolute atomic E-state index is 4.91. The lowest BCUT2D eigenvalue weighted by molar-refractivity contribution is 0.371. The second kappa shape index (κ2) is 6.43. The second-order valence-corrected chi connectivity index (χ2v) is 8.89. The third-order valence-corrected chi connectivity index (χ3v) is 7.02. The molecule has 138 valence electrons. The van der Waals surface area contributed by atoms with E-state index in [0.29, 0.717) is 12.0 Å². The van der Waals surface area contributed by atoms with Gasteiger partial charge in [0, 0.05) is 16.7 Å². The van der Waals surface area contributed by atoms with Gasteiger partial charge in [-0.2, -0.15) is 0 Å². The Bertz CT molecular complexity index is 1140. The lowest BCUT2D eigenvalue weighted by Crippen LogP contribution is -2.35. The Morgan fingerprint density at radius 1 is 1.19 bits per heavy atom. The van der Waals surface area contributed by atoms with Crippen LogP contribution in [0.3, 0.4) is 0 Å². The number of nitrogens with zero attached hydrogens (tertiary/aromatic N) is 2. The van der Waals surface area contributed by atoms with Crippen LogP contribution in [0.15, 0.2) is 30.5 Å². The van der Waals surface area contributed by atoms with Crippen LogP contribution >= 0.6 is 11.3 Å². The second-order valence-electron chi connectivity index (χ2n) is 7.84. The number of piperidine rings is 1. The van der Waals surface area contributed by atoms with E-state index in [1.54, 1.807) is 0 Å². The maximum atomic E-state index is 4.91. The maximum Gasteiger partial charge on any atom is 0.132 e. The minimum Gasteiger partial charge on any atom is -0.351 e. The van der Waals surface area contributed by atoms with Crippen LogP contribution in [0.4, 0.5) is 0 Å². The highest BCUT2D eigenvalue weighted by Crippen LogP contribution is 2.39. The summed E-state index contributed by atoms with van der Waals surface area (Å²) < 4.78 is 1.34. The molecule has 1 aromatic carbocycles. The number of aromatic amines is 1. The van der Waals surface area contributed by atoms with Crippen molar-refractivity contribution in [2.45, 2.75) is 45.6 Å². The van der Waals surface area contributed by atoms with Crippen LogP contribution in [0, 0.1) is 13.8 Å². The first-order chi connectivity index (χ1) is 13.1. The highest BCUT2D eigenvalue weighted by atomic mass is 32.1. The number of H-pyrrole nitrogens is 1. The molecule has 27 heavy (non-hydrogen) atoms. The fourth-order valence-corrected chi connectivity index (χ4v) is 5.37. The van der Waals surface area contributed by atoms with Crippen LogP contribution in [-0.2, 0) is 0 Å². The van der Waals surface area contributed by atoms with E-state index < -0.39 is 0 Å². The largest absolute Gasteiger partial charge is 0.351 e. The number of rotatable bonds is 2. The zero-order valence-corrected chi connectivity index (χ0v) is 16.8. The molecule has 0 bridgehead atoms. The lowest BCUT2D eigenvalue weighted by atomic mass is 9.92. The zero-order chi connectivity index (χ0) is 18.5. The van der Waals surface area contributed by atoms with Crippen molar-refractivity contribution in [3.63, 3.8) is 0 Å². The summed E-state index contributed by atoms with van der Waals surface area (Å²) in [6.07, 6.45) is 4.18. The SMILES string of the molecule is Cc1ccc2sc(-c3cc4nc(C5CCNC(C)C5)ncc4[nH]3)c(C)c2c1. The molecule has 4 aromatic rings. The summed E-state index contributed by atoms with van der Waals surface area (Å²) in [6.45, 7) is 7.65. The van der Waals surface area contributed by atoms with E-state index in [9.17, 15) is 0 Å². The minimum atomic E-state index is 0.457. The molecule has 0 amide bonds. The first-order valence-electron chi connectivity index (χ1n) is 9.67. The number of fused-ring (bicyclic) bond motifs is 2. The predicted molar refractivity (Wildman–Crippen MR) is 114 cm³/mol. The average molecular weight is 377 g/mol. The van der Waals surface area contributed by atoms with Crippen LogP contribution in [0.1, 0.15) is 42.6 Å². The molecule has 1 aliphatic rings. The van der Waals surface area contributed by atoms with Crippen LogP contribution in [0.25, 0.3) is 31.7 Å². The van der Waals surface area contributed by atoms with Crippen molar-refractivity contribution >= 4 is 32.5 Å². The molecule has 1 fully saturated rings. The molecule has 4 nitrogen and oxygen atoms in total. The number of thiophene rings is 1. The average Bonchev–Trinajstić information content (AvgIpc) is 3.22. The third kappa shape index (κ3) is 2.95. The molecular weight excluding hydrogens is 352 g/mol. The molecule has 2 unspecified atom stereocenters. The van der Waals surface area contributed by atoms with Gasteiger partial charge >= 0.3 is 0 Å². The highest BCUT2D eigenvalue weighted by molar-refractivity contribution is 7.22. The van der Waals surface area contributed by atoms with E-state index in [2.05, 4.69) is 60.3 Å². The van der Waals surface area contributed by atoms with Gasteiger partial charge in [-0.05, 0) is 63.2 Å². The van der Waals surface area contributed by atoms with Gasteiger partial charge < -0.3 is 10.3 Å². The third-order valence-electron chi connectivity index (χ3n) is 5.71. The number of hydrogen-bond donors (Lipinski definition) is 2. The van der Waals surface area contributed by atoms with Gasteiger partial charge in [-0.15, -0.1) is 11.3 Å². The van der Waals surface area contributed by atoms with E-state index in [0.717, 1.165) is 41.9 Å². The summed E-state index contributed by atoms with van der Waals surface area (Å²) in [5.41, 5.74) is 5.83. The first-order valence-corrected chi connectivity index (χ1v) is 10.5. The molecule has 1 aliphatic heterocycles. The summed E-state index contributed by atoms with van der Waals surface area (Å²) >= 11 is 1.85. The van der Waals surface area contributed by atoms with Gasteiger partial charge in [0.25, 0.3) is 0 Å². The molecule has 4 heterocycles. The summed E-state index contributed by atoms with van der Waals surface area (Å²) in [5, 5.41) is 4.86. The standard InChI is InChI=1S/C22H24N4S/c1-12-4-5-20-16(8-12)14(3)21(27-20)18-10-17-19(25-18)11-24-22(26-17)15-6-7-23-13(2)9-15/h4-5,8,10-11,13,15,23,25H,6-7,9H2,1-3H3. The smallest absolute Gasteiger partial charge is 0.132 e. The van der Waals surface area contributed by atoms with Gasteiger partial charge in [-0.3, -0.25) is 0 Å². The van der Waals surface area contributed by atoms with Gasteiger partial charge in [0.15, 0.2) is 0 Å². The van der Waals surface area contributed by atoms with Gasteiger partial charge in [0.1, 0.15) is 5.82 Å². The van der Waals surface area contributed by atoms with Crippen molar-refractivity contribution < 1.29 is 0 Å². The first kappa shape index (κ1) is 16.9. The number of nitrogens with one attached hydrogen (secondary N) is 2. The van der Waals surface area contributed by atoms with Crippen molar-refractivity contribution in [1.29, 1.82) is 0 Å². The summed E-state index contributed by atoms with van der Waals surface area (Å²) in [6, 6.07) is 9.42. The molecule has 1 saturated heterocycles. The Labute approximate surface area is 163 Å². The molecule has 0 radical (unpaired) electrons. The zero-order valence-electron chi connectivity index (χ0n) is 16.0. The summed E-state index contributed by atoms with van der Waals surface area (Å²) in [4.78, 5) is 14.4. The van der Waals surface area contributed by atoms with E-state index >= 15 is 0 Å². The van der Waals surface area contributed by atoms with Crippen molar-refractivity contribution in [1.82, 2.24) is 20.3 Å². The Morgan fingerprint density at radius 2 is 2.07 bits per heavy atom. The Balaban J connectivity index is 1.56. The highest BCUT2D eigenvalue weighted by Gasteiger charge is 2.23. The summed E-state index contributed by atoms with van der Waals surface area (Å²) in [5.74, 6) is 1.45. The normalized spacial score (nSPS) is 20.6. The van der Waals surface area contributed by atoms with E-state index in [-0.39, 0.29) is 0 Å². The van der Waals surface area contributed by atoms with Crippen molar-refractivity contribution in [3.05, 3.63) is 47.4 Å². The Hall–Kier alpha value is -2.24. The van der Waals surface area contributed by atoms with Crippen LogP contribution in [0.2, 0.25) is 0 Å². The van der Waals surface area contributed by atoms with Crippen molar-refractivity contribution in [2.24, 2.45) is 0 Å². The molecule has 0 saturated carbocycles. The quantitative estimate of drug-likeness (QED) is 0.498. The Kier molecular flexibility index (Phi) is 4.02. The molecule has 5 heteroatoms. The molecule has 0 spiro atoms. The van der Waals surface area contributed by atoms with Crippen LogP contribution in [-0.4, -0.2) is 27.5 Å². The minimum absolute atomic E-state index is 0.457. The molecule has 3 aromatic heterocycles. The molecule has 2 atom stereocenters. The van der Waals surface area contributed by atoms with E-state index in [1.165, 1.54) is 26.1 Å². The number of aromatic nitrogens is 3. The van der Waals surface area contributed by atoms with Gasteiger partial charge in [0.2, 0.25) is 0 Å². The fourth-order valence-electron chi connectivity index (χ4n) is 4.21. The lowest BCUT2D eigenvalue weighted by Gasteiger charge is -2.26.